The zero-order valence-corrected chi connectivity index (χ0v) is 14.7. The quantitative estimate of drug-likeness (QED) is 0.812. The summed E-state index contributed by atoms with van der Waals surface area (Å²) in [5.41, 5.74) is 6.69. The minimum Gasteiger partial charge on any atom is -0.463 e. The highest BCUT2D eigenvalue weighted by molar-refractivity contribution is 6.42. The average Bonchev–Trinajstić information content (AvgIpc) is 2.56. The minimum atomic E-state index is -0.788. The lowest BCUT2D eigenvalue weighted by atomic mass is 9.82. The molecular formula is C17H16Cl2N2O3. The summed E-state index contributed by atoms with van der Waals surface area (Å²) in [5, 5.41) is 10.1. The van der Waals surface area contributed by atoms with Crippen LogP contribution in [0.1, 0.15) is 31.7 Å². The van der Waals surface area contributed by atoms with Gasteiger partial charge in [0, 0.05) is 6.42 Å². The van der Waals surface area contributed by atoms with E-state index in [2.05, 4.69) is 0 Å². The SMILES string of the molecule is CCOC(=O)C1=C(CC)OC(N)=C(C#N)[C@@H]1c1cccc(Cl)c1Cl. The maximum absolute atomic E-state index is 12.5. The van der Waals surface area contributed by atoms with Crippen molar-refractivity contribution in [3.8, 4) is 6.07 Å². The molecule has 2 rings (SSSR count). The lowest BCUT2D eigenvalue weighted by Gasteiger charge is -2.28. The van der Waals surface area contributed by atoms with Gasteiger partial charge in [-0.25, -0.2) is 4.79 Å². The molecule has 7 heteroatoms. The Hall–Kier alpha value is -2.16. The van der Waals surface area contributed by atoms with Gasteiger partial charge in [-0.05, 0) is 18.6 Å². The number of allylic oxidation sites excluding steroid dienone is 2. The number of benzene rings is 1. The van der Waals surface area contributed by atoms with Crippen LogP contribution in [0.3, 0.4) is 0 Å². The number of hydrogen-bond donors (Lipinski definition) is 1. The van der Waals surface area contributed by atoms with E-state index in [1.165, 1.54) is 0 Å². The fraction of sp³-hybridized carbons (Fsp3) is 0.294. The Morgan fingerprint density at radius 3 is 2.71 bits per heavy atom. The molecule has 126 valence electrons. The Balaban J connectivity index is 2.73. The standard InChI is InChI=1S/C17H16Cl2N2O3/c1-3-12-14(17(22)23-4-2)13(10(8-20)16(21)24-12)9-6-5-7-11(18)15(9)19/h5-7,13H,3-4,21H2,1-2H3/t13-/m0/s1. The fourth-order valence-electron chi connectivity index (χ4n) is 2.57. The summed E-state index contributed by atoms with van der Waals surface area (Å²) in [5.74, 6) is -1.06. The lowest BCUT2D eigenvalue weighted by Crippen LogP contribution is -2.26. The van der Waals surface area contributed by atoms with Crippen molar-refractivity contribution in [2.24, 2.45) is 5.73 Å². The first-order chi connectivity index (χ1) is 11.5. The van der Waals surface area contributed by atoms with Crippen molar-refractivity contribution >= 4 is 29.2 Å². The van der Waals surface area contributed by atoms with Crippen molar-refractivity contribution in [2.45, 2.75) is 26.2 Å². The van der Waals surface area contributed by atoms with Gasteiger partial charge in [0.1, 0.15) is 17.4 Å². The van der Waals surface area contributed by atoms with Gasteiger partial charge in [0.25, 0.3) is 0 Å². The van der Waals surface area contributed by atoms with Crippen LogP contribution in [0, 0.1) is 11.3 Å². The van der Waals surface area contributed by atoms with E-state index in [0.29, 0.717) is 22.8 Å². The second-order valence-corrected chi connectivity index (χ2v) is 5.76. The first-order valence-electron chi connectivity index (χ1n) is 7.37. The van der Waals surface area contributed by atoms with Crippen LogP contribution in [0.25, 0.3) is 0 Å². The molecule has 0 unspecified atom stereocenters. The Labute approximate surface area is 150 Å². The number of carbonyl (C=O) groups is 1. The highest BCUT2D eigenvalue weighted by Gasteiger charge is 2.38. The highest BCUT2D eigenvalue weighted by atomic mass is 35.5. The van der Waals surface area contributed by atoms with Crippen molar-refractivity contribution in [1.82, 2.24) is 0 Å². The third kappa shape index (κ3) is 3.21. The number of esters is 1. The second-order valence-electron chi connectivity index (χ2n) is 4.98. The van der Waals surface area contributed by atoms with Gasteiger partial charge in [-0.15, -0.1) is 0 Å². The van der Waals surface area contributed by atoms with E-state index in [-0.39, 0.29) is 28.7 Å². The largest absolute Gasteiger partial charge is 0.463 e. The smallest absolute Gasteiger partial charge is 0.338 e. The number of nitrogens with zero attached hydrogens (tertiary/aromatic N) is 1. The molecule has 1 aliphatic heterocycles. The fourth-order valence-corrected chi connectivity index (χ4v) is 2.98. The molecule has 0 fully saturated rings. The molecule has 0 saturated heterocycles. The first kappa shape index (κ1) is 18.2. The Kier molecular flexibility index (Phi) is 5.76. The van der Waals surface area contributed by atoms with E-state index in [4.69, 9.17) is 38.4 Å². The van der Waals surface area contributed by atoms with Crippen LogP contribution >= 0.6 is 23.2 Å². The number of ether oxygens (including phenoxy) is 2. The van der Waals surface area contributed by atoms with Gasteiger partial charge < -0.3 is 15.2 Å². The summed E-state index contributed by atoms with van der Waals surface area (Å²) >= 11 is 12.4. The van der Waals surface area contributed by atoms with Gasteiger partial charge in [-0.1, -0.05) is 42.3 Å². The normalized spacial score (nSPS) is 17.4. The third-order valence-corrected chi connectivity index (χ3v) is 4.44. The number of hydrogen-bond acceptors (Lipinski definition) is 5. The molecule has 1 aromatic rings. The van der Waals surface area contributed by atoms with E-state index in [9.17, 15) is 10.1 Å². The maximum Gasteiger partial charge on any atom is 0.338 e. The maximum atomic E-state index is 12.5. The zero-order chi connectivity index (χ0) is 17.9. The summed E-state index contributed by atoms with van der Waals surface area (Å²) < 4.78 is 10.6. The number of carbonyl (C=O) groups excluding carboxylic acids is 1. The van der Waals surface area contributed by atoms with Gasteiger partial charge in [-0.2, -0.15) is 5.26 Å². The second kappa shape index (κ2) is 7.61. The van der Waals surface area contributed by atoms with Gasteiger partial charge in [0.05, 0.1) is 28.1 Å². The van der Waals surface area contributed by atoms with Crippen LogP contribution in [0.4, 0.5) is 0 Å². The molecular weight excluding hydrogens is 351 g/mol. The molecule has 1 heterocycles. The molecule has 0 saturated carbocycles. The molecule has 1 atom stereocenters. The number of nitriles is 1. The molecule has 1 aromatic carbocycles. The van der Waals surface area contributed by atoms with E-state index >= 15 is 0 Å². The van der Waals surface area contributed by atoms with Crippen LogP contribution in [0.2, 0.25) is 10.0 Å². The molecule has 2 N–H and O–H groups in total. The number of nitrogens with two attached hydrogens (primary N) is 1. The third-order valence-electron chi connectivity index (χ3n) is 3.61. The summed E-state index contributed by atoms with van der Waals surface area (Å²) in [4.78, 5) is 12.5. The van der Waals surface area contributed by atoms with Crippen molar-refractivity contribution < 1.29 is 14.3 Å². The van der Waals surface area contributed by atoms with Gasteiger partial charge >= 0.3 is 5.97 Å². The molecule has 5 nitrogen and oxygen atoms in total. The lowest BCUT2D eigenvalue weighted by molar-refractivity contribution is -0.139. The van der Waals surface area contributed by atoms with Gasteiger partial charge in [-0.3, -0.25) is 0 Å². The summed E-state index contributed by atoms with van der Waals surface area (Å²) in [6, 6.07) is 7.02. The van der Waals surface area contributed by atoms with Crippen LogP contribution < -0.4 is 5.73 Å². The summed E-state index contributed by atoms with van der Waals surface area (Å²) in [6.45, 7) is 3.71. The van der Waals surface area contributed by atoms with Crippen LogP contribution in [0.15, 0.2) is 41.0 Å². The van der Waals surface area contributed by atoms with Crippen molar-refractivity contribution in [1.29, 1.82) is 5.26 Å². The molecule has 0 amide bonds. The zero-order valence-electron chi connectivity index (χ0n) is 13.2. The van der Waals surface area contributed by atoms with Crippen LogP contribution in [0.5, 0.6) is 0 Å². The number of halogens is 2. The van der Waals surface area contributed by atoms with Crippen molar-refractivity contribution in [3.05, 3.63) is 56.6 Å². The predicted molar refractivity (Wildman–Crippen MR) is 91.1 cm³/mol. The van der Waals surface area contributed by atoms with E-state index in [1.54, 1.807) is 25.1 Å². The molecule has 24 heavy (non-hydrogen) atoms. The Morgan fingerprint density at radius 1 is 1.42 bits per heavy atom. The number of rotatable bonds is 4. The predicted octanol–water partition coefficient (Wildman–Crippen LogP) is 4.03. The van der Waals surface area contributed by atoms with Crippen LogP contribution in [-0.4, -0.2) is 12.6 Å². The summed E-state index contributed by atoms with van der Waals surface area (Å²) in [6.07, 6.45) is 0.405. The monoisotopic (exact) mass is 366 g/mol. The minimum absolute atomic E-state index is 0.0524. The van der Waals surface area contributed by atoms with E-state index in [0.717, 1.165) is 0 Å². The van der Waals surface area contributed by atoms with Gasteiger partial charge in [0.15, 0.2) is 0 Å². The Morgan fingerprint density at radius 2 is 2.12 bits per heavy atom. The van der Waals surface area contributed by atoms with Crippen molar-refractivity contribution in [3.63, 3.8) is 0 Å². The first-order valence-corrected chi connectivity index (χ1v) is 8.13. The topological polar surface area (TPSA) is 85.3 Å². The average molecular weight is 367 g/mol. The summed E-state index contributed by atoms with van der Waals surface area (Å²) in [7, 11) is 0. The molecule has 1 aliphatic rings. The molecule has 0 radical (unpaired) electrons. The van der Waals surface area contributed by atoms with Crippen LogP contribution in [-0.2, 0) is 14.3 Å². The highest BCUT2D eigenvalue weighted by Crippen LogP contribution is 2.44. The van der Waals surface area contributed by atoms with E-state index in [1.807, 2.05) is 13.0 Å². The van der Waals surface area contributed by atoms with Crippen molar-refractivity contribution in [2.75, 3.05) is 6.61 Å². The Bertz CT molecular complexity index is 779. The molecule has 0 bridgehead atoms. The van der Waals surface area contributed by atoms with E-state index < -0.39 is 11.9 Å². The molecule has 0 spiro atoms. The molecule has 0 aromatic heterocycles. The molecule has 0 aliphatic carbocycles. The van der Waals surface area contributed by atoms with Gasteiger partial charge in [0.2, 0.25) is 5.88 Å².